The van der Waals surface area contributed by atoms with Gasteiger partial charge in [0.05, 0.1) is 12.6 Å². The molecule has 29 heavy (non-hydrogen) atoms. The van der Waals surface area contributed by atoms with E-state index in [9.17, 15) is 9.90 Å². The molecule has 158 valence electrons. The fraction of sp³-hybridized carbons (Fsp3) is 0.409. The molecule has 0 bridgehead atoms. The molecule has 2 aromatic carbocycles. The Morgan fingerprint density at radius 2 is 1.83 bits per heavy atom. The molecule has 5 nitrogen and oxygen atoms in total. The number of hydrogen-bond donors (Lipinski definition) is 3. The molecule has 0 spiro atoms. The van der Waals surface area contributed by atoms with Crippen molar-refractivity contribution < 1.29 is 9.90 Å². The van der Waals surface area contributed by atoms with Crippen LogP contribution in [0.2, 0.25) is 0 Å². The predicted molar refractivity (Wildman–Crippen MR) is 120 cm³/mol. The number of rotatable bonds is 5. The number of hydrogen-bond acceptors (Lipinski definition) is 4. The molecule has 1 saturated heterocycles. The van der Waals surface area contributed by atoms with Crippen LogP contribution in [-0.2, 0) is 6.42 Å². The van der Waals surface area contributed by atoms with Crippen LogP contribution < -0.4 is 10.6 Å². The quantitative estimate of drug-likeness (QED) is 0.672. The Morgan fingerprint density at radius 3 is 2.52 bits per heavy atom. The van der Waals surface area contributed by atoms with Crippen LogP contribution in [0.5, 0.6) is 0 Å². The molecule has 0 saturated carbocycles. The third kappa shape index (κ3) is 5.11. The van der Waals surface area contributed by atoms with Gasteiger partial charge in [0.25, 0.3) is 5.91 Å². The second-order valence-corrected chi connectivity index (χ2v) is 7.33. The van der Waals surface area contributed by atoms with Crippen molar-refractivity contribution in [2.75, 3.05) is 32.8 Å². The summed E-state index contributed by atoms with van der Waals surface area (Å²) in [5.41, 5.74) is 4.13. The lowest BCUT2D eigenvalue weighted by Crippen LogP contribution is -2.44. The summed E-state index contributed by atoms with van der Waals surface area (Å²) < 4.78 is 0. The van der Waals surface area contributed by atoms with Crippen molar-refractivity contribution in [1.82, 2.24) is 15.5 Å². The Kier molecular flexibility index (Phi) is 8.93. The zero-order valence-electron chi connectivity index (χ0n) is 16.3. The zero-order valence-corrected chi connectivity index (χ0v) is 18.0. The highest BCUT2D eigenvalue weighted by atomic mass is 35.5. The Labute approximate surface area is 184 Å². The minimum Gasteiger partial charge on any atom is -0.394 e. The van der Waals surface area contributed by atoms with Crippen LogP contribution in [0.25, 0.3) is 0 Å². The second-order valence-electron chi connectivity index (χ2n) is 7.33. The summed E-state index contributed by atoms with van der Waals surface area (Å²) in [5.74, 6) is -0.101. The smallest absolute Gasteiger partial charge is 0.252 e. The number of nitrogens with one attached hydrogen (secondary N) is 2. The second kappa shape index (κ2) is 11.0. The van der Waals surface area contributed by atoms with Crippen molar-refractivity contribution in [3.05, 3.63) is 70.8 Å². The Bertz CT molecular complexity index is 798. The predicted octanol–water partition coefficient (Wildman–Crippen LogP) is 2.89. The summed E-state index contributed by atoms with van der Waals surface area (Å²) in [4.78, 5) is 15.5. The molecule has 1 unspecified atom stereocenters. The first kappa shape index (κ1) is 23.6. The number of piperazine rings is 1. The van der Waals surface area contributed by atoms with Gasteiger partial charge in [-0.05, 0) is 35.6 Å². The zero-order chi connectivity index (χ0) is 18.6. The molecule has 3 N–H and O–H groups in total. The van der Waals surface area contributed by atoms with Gasteiger partial charge in [0, 0.05) is 37.8 Å². The molecular weight excluding hydrogens is 409 g/mol. The SMILES string of the molecule is Cl.Cl.O=C(N[C@H](CO)c1ccccc1)c1cccc2c1CCC2N1CCNCC1. The molecule has 4 rings (SSSR count). The van der Waals surface area contributed by atoms with E-state index in [4.69, 9.17) is 0 Å². The molecule has 2 aromatic rings. The van der Waals surface area contributed by atoms with Crippen LogP contribution >= 0.6 is 24.8 Å². The van der Waals surface area contributed by atoms with E-state index in [2.05, 4.69) is 21.6 Å². The van der Waals surface area contributed by atoms with Gasteiger partial charge in [-0.3, -0.25) is 9.69 Å². The van der Waals surface area contributed by atoms with Crippen molar-refractivity contribution >= 4 is 30.7 Å². The maximum absolute atomic E-state index is 13.0. The van der Waals surface area contributed by atoms with Crippen molar-refractivity contribution in [2.45, 2.75) is 24.9 Å². The van der Waals surface area contributed by atoms with E-state index in [1.54, 1.807) is 0 Å². The Balaban J connectivity index is 0.00000150. The summed E-state index contributed by atoms with van der Waals surface area (Å²) in [7, 11) is 0. The maximum Gasteiger partial charge on any atom is 0.252 e. The lowest BCUT2D eigenvalue weighted by molar-refractivity contribution is 0.0915. The molecular formula is C22H29Cl2N3O2. The number of halogens is 2. The van der Waals surface area contributed by atoms with Gasteiger partial charge in [0.1, 0.15) is 0 Å². The van der Waals surface area contributed by atoms with E-state index in [0.717, 1.165) is 50.1 Å². The number of carbonyl (C=O) groups is 1. The number of fused-ring (bicyclic) bond motifs is 1. The van der Waals surface area contributed by atoms with Gasteiger partial charge in [-0.2, -0.15) is 0 Å². The molecule has 1 fully saturated rings. The third-order valence-corrected chi connectivity index (χ3v) is 5.77. The minimum absolute atomic E-state index is 0. The normalized spacial score (nSPS) is 19.4. The van der Waals surface area contributed by atoms with Gasteiger partial charge >= 0.3 is 0 Å². The third-order valence-electron chi connectivity index (χ3n) is 5.77. The van der Waals surface area contributed by atoms with Gasteiger partial charge < -0.3 is 15.7 Å². The summed E-state index contributed by atoms with van der Waals surface area (Å²) in [5, 5.41) is 16.2. The molecule has 0 aromatic heterocycles. The summed E-state index contributed by atoms with van der Waals surface area (Å²) in [6.07, 6.45) is 2.00. The summed E-state index contributed by atoms with van der Waals surface area (Å²) in [6.45, 7) is 4.05. The van der Waals surface area contributed by atoms with E-state index in [1.165, 1.54) is 11.1 Å². The van der Waals surface area contributed by atoms with Gasteiger partial charge in [-0.1, -0.05) is 42.5 Å². The van der Waals surface area contributed by atoms with Crippen molar-refractivity contribution in [2.24, 2.45) is 0 Å². The van der Waals surface area contributed by atoms with Gasteiger partial charge in [-0.15, -0.1) is 24.8 Å². The van der Waals surface area contributed by atoms with Crippen LogP contribution in [-0.4, -0.2) is 48.7 Å². The van der Waals surface area contributed by atoms with Crippen LogP contribution in [0.15, 0.2) is 48.5 Å². The van der Waals surface area contributed by atoms with Gasteiger partial charge in [0.2, 0.25) is 0 Å². The fourth-order valence-electron chi connectivity index (χ4n) is 4.37. The van der Waals surface area contributed by atoms with Crippen molar-refractivity contribution in [1.29, 1.82) is 0 Å². The lowest BCUT2D eigenvalue weighted by Gasteiger charge is -2.33. The van der Waals surface area contributed by atoms with Crippen molar-refractivity contribution in [3.63, 3.8) is 0 Å². The Morgan fingerprint density at radius 1 is 1.10 bits per heavy atom. The van der Waals surface area contributed by atoms with Gasteiger partial charge in [0.15, 0.2) is 0 Å². The molecule has 1 heterocycles. The van der Waals surface area contributed by atoms with E-state index >= 15 is 0 Å². The molecule has 1 aliphatic carbocycles. The number of nitrogens with zero attached hydrogens (tertiary/aromatic N) is 1. The lowest BCUT2D eigenvalue weighted by atomic mass is 10.00. The van der Waals surface area contributed by atoms with Gasteiger partial charge in [-0.25, -0.2) is 0 Å². The maximum atomic E-state index is 13.0. The topological polar surface area (TPSA) is 64.6 Å². The van der Waals surface area contributed by atoms with Crippen LogP contribution in [0.4, 0.5) is 0 Å². The average molecular weight is 438 g/mol. The van der Waals surface area contributed by atoms with Crippen molar-refractivity contribution in [3.8, 4) is 0 Å². The first-order valence-corrected chi connectivity index (χ1v) is 9.81. The highest BCUT2D eigenvalue weighted by Crippen LogP contribution is 2.37. The highest BCUT2D eigenvalue weighted by molar-refractivity contribution is 5.96. The highest BCUT2D eigenvalue weighted by Gasteiger charge is 2.31. The van der Waals surface area contributed by atoms with Crippen LogP contribution in [0.3, 0.4) is 0 Å². The molecule has 2 atom stereocenters. The Hall–Kier alpha value is -1.63. The minimum atomic E-state index is -0.389. The molecule has 1 amide bonds. The first-order chi connectivity index (χ1) is 13.3. The summed E-state index contributed by atoms with van der Waals surface area (Å²) >= 11 is 0. The molecule has 7 heteroatoms. The number of aliphatic hydroxyl groups is 1. The number of carbonyl (C=O) groups excluding carboxylic acids is 1. The van der Waals surface area contributed by atoms with E-state index in [-0.39, 0.29) is 43.4 Å². The molecule has 1 aliphatic heterocycles. The molecule has 0 radical (unpaired) electrons. The van der Waals surface area contributed by atoms with Crippen LogP contribution in [0.1, 0.15) is 45.6 Å². The first-order valence-electron chi connectivity index (χ1n) is 9.81. The molecule has 2 aliphatic rings. The van der Waals surface area contributed by atoms with E-state index in [1.807, 2.05) is 42.5 Å². The van der Waals surface area contributed by atoms with Crippen LogP contribution in [0, 0.1) is 0 Å². The standard InChI is InChI=1S/C22H27N3O2.2ClH/c26-15-20(16-5-2-1-3-6-16)24-22(27)19-8-4-7-18-17(19)9-10-21(18)25-13-11-23-12-14-25;;/h1-8,20-21,23,26H,9-15H2,(H,24,27);2*1H/t20-,21?;;/m1../s1. The number of aliphatic hydroxyl groups excluding tert-OH is 1. The number of benzene rings is 2. The summed E-state index contributed by atoms with van der Waals surface area (Å²) in [6, 6.07) is 15.7. The van der Waals surface area contributed by atoms with E-state index < -0.39 is 0 Å². The van der Waals surface area contributed by atoms with E-state index in [0.29, 0.717) is 6.04 Å². The fourth-order valence-corrected chi connectivity index (χ4v) is 4.37. The average Bonchev–Trinajstić information content (AvgIpc) is 3.17. The monoisotopic (exact) mass is 437 g/mol. The number of amides is 1. The largest absolute Gasteiger partial charge is 0.394 e.